The summed E-state index contributed by atoms with van der Waals surface area (Å²) in [7, 11) is -2.07. The summed E-state index contributed by atoms with van der Waals surface area (Å²) >= 11 is 1.93. The average molecular weight is 470 g/mol. The van der Waals surface area contributed by atoms with Crippen LogP contribution in [0.3, 0.4) is 0 Å². The molecule has 10 heteroatoms. The van der Waals surface area contributed by atoms with Gasteiger partial charge in [-0.2, -0.15) is 17.0 Å². The number of rotatable bonds is 5. The summed E-state index contributed by atoms with van der Waals surface area (Å²) in [4.78, 5) is 11.0. The van der Waals surface area contributed by atoms with Crippen molar-refractivity contribution in [2.75, 3.05) is 41.8 Å². The number of thioether (sulfide) groups is 1. The molecule has 1 saturated heterocycles. The van der Waals surface area contributed by atoms with Crippen molar-refractivity contribution in [2.24, 2.45) is 0 Å². The lowest BCUT2D eigenvalue weighted by Gasteiger charge is -2.33. The Morgan fingerprint density at radius 2 is 2.06 bits per heavy atom. The molecule has 0 bridgehead atoms. The average Bonchev–Trinajstić information content (AvgIpc) is 2.76. The quantitative estimate of drug-likeness (QED) is 0.605. The minimum absolute atomic E-state index is 0.189. The molecule has 0 amide bonds. The van der Waals surface area contributed by atoms with E-state index in [1.165, 1.54) is 7.11 Å². The highest BCUT2D eigenvalue weighted by Crippen LogP contribution is 2.36. The molecule has 1 N–H and O–H groups in total. The number of nitriles is 1. The van der Waals surface area contributed by atoms with E-state index in [1.54, 1.807) is 18.5 Å². The number of fused-ring (bicyclic) bond motifs is 1. The standard InChI is InChI=1S/C22H23N5O3S2/c1-14-13-27(6-7-31-14)21-17(10-23)12-24-19-5-4-15(8-18(19)21)16-9-20(26-32(3,28)29)22(30-2)25-11-16/h4-5,8-9,11-12,14,26H,6-7,13H2,1-3H3/t14-/m1/s1. The molecule has 0 aliphatic carbocycles. The number of pyridine rings is 2. The molecule has 2 aromatic heterocycles. The van der Waals surface area contributed by atoms with Crippen LogP contribution in [0.5, 0.6) is 5.88 Å². The zero-order valence-electron chi connectivity index (χ0n) is 18.0. The molecule has 1 atom stereocenters. The maximum atomic E-state index is 11.8. The second-order valence-corrected chi connectivity index (χ2v) is 10.9. The highest BCUT2D eigenvalue weighted by Gasteiger charge is 2.22. The number of hydrogen-bond acceptors (Lipinski definition) is 8. The van der Waals surface area contributed by atoms with Crippen LogP contribution in [0.25, 0.3) is 22.0 Å². The molecule has 0 unspecified atom stereocenters. The van der Waals surface area contributed by atoms with E-state index in [9.17, 15) is 13.7 Å². The number of nitrogens with zero attached hydrogens (tertiary/aromatic N) is 4. The fourth-order valence-electron chi connectivity index (χ4n) is 3.85. The Kier molecular flexibility index (Phi) is 6.13. The van der Waals surface area contributed by atoms with Crippen LogP contribution >= 0.6 is 11.8 Å². The van der Waals surface area contributed by atoms with Crippen molar-refractivity contribution in [2.45, 2.75) is 12.2 Å². The molecule has 3 aromatic rings. The highest BCUT2D eigenvalue weighted by molar-refractivity contribution is 8.00. The number of sulfonamides is 1. The van der Waals surface area contributed by atoms with Gasteiger partial charge in [0, 0.05) is 47.4 Å². The zero-order valence-corrected chi connectivity index (χ0v) is 19.6. The summed E-state index contributed by atoms with van der Waals surface area (Å²) in [6.45, 7) is 3.91. The molecule has 8 nitrogen and oxygen atoms in total. The van der Waals surface area contributed by atoms with Crippen molar-refractivity contribution in [3.05, 3.63) is 42.2 Å². The SMILES string of the molecule is COc1ncc(-c2ccc3ncc(C#N)c(N4CCS[C@H](C)C4)c3c2)cc1NS(C)(=O)=O. The maximum Gasteiger partial charge on any atom is 0.238 e. The van der Waals surface area contributed by atoms with Gasteiger partial charge in [0.05, 0.1) is 30.1 Å². The van der Waals surface area contributed by atoms with E-state index in [4.69, 9.17) is 4.74 Å². The molecule has 3 heterocycles. The normalized spacial score (nSPS) is 16.6. The monoisotopic (exact) mass is 469 g/mol. The molecule has 0 radical (unpaired) electrons. The van der Waals surface area contributed by atoms with Crippen LogP contribution in [0.1, 0.15) is 12.5 Å². The fourth-order valence-corrected chi connectivity index (χ4v) is 5.41. The van der Waals surface area contributed by atoms with Gasteiger partial charge in [-0.15, -0.1) is 0 Å². The van der Waals surface area contributed by atoms with Crippen molar-refractivity contribution >= 4 is 44.1 Å². The van der Waals surface area contributed by atoms with Gasteiger partial charge in [0.25, 0.3) is 0 Å². The first-order chi connectivity index (χ1) is 15.3. The second kappa shape index (κ2) is 8.84. The molecular formula is C22H23N5O3S2. The molecule has 4 rings (SSSR count). The van der Waals surface area contributed by atoms with E-state index >= 15 is 0 Å². The summed E-state index contributed by atoms with van der Waals surface area (Å²) in [6.07, 6.45) is 4.34. The Labute approximate surface area is 191 Å². The van der Waals surface area contributed by atoms with Crippen LogP contribution in [-0.2, 0) is 10.0 Å². The van der Waals surface area contributed by atoms with Gasteiger partial charge in [0.15, 0.2) is 0 Å². The first-order valence-corrected chi connectivity index (χ1v) is 12.9. The zero-order chi connectivity index (χ0) is 22.9. The highest BCUT2D eigenvalue weighted by atomic mass is 32.2. The summed E-state index contributed by atoms with van der Waals surface area (Å²) in [5.41, 5.74) is 4.04. The van der Waals surface area contributed by atoms with Crippen molar-refractivity contribution in [3.63, 3.8) is 0 Å². The summed E-state index contributed by atoms with van der Waals surface area (Å²) in [6, 6.07) is 9.78. The van der Waals surface area contributed by atoms with Gasteiger partial charge in [0.1, 0.15) is 11.8 Å². The first kappa shape index (κ1) is 22.2. The maximum absolute atomic E-state index is 11.8. The Balaban J connectivity index is 1.86. The van der Waals surface area contributed by atoms with Crippen LogP contribution in [-0.4, -0.2) is 55.8 Å². The molecular weight excluding hydrogens is 446 g/mol. The predicted molar refractivity (Wildman–Crippen MR) is 129 cm³/mol. The minimum atomic E-state index is -3.50. The van der Waals surface area contributed by atoms with E-state index in [0.717, 1.165) is 52.8 Å². The molecule has 32 heavy (non-hydrogen) atoms. The lowest BCUT2D eigenvalue weighted by atomic mass is 10.0. The third-order valence-electron chi connectivity index (χ3n) is 5.19. The predicted octanol–water partition coefficient (Wildman–Crippen LogP) is 3.49. The van der Waals surface area contributed by atoms with Gasteiger partial charge < -0.3 is 9.64 Å². The number of benzene rings is 1. The van der Waals surface area contributed by atoms with Crippen molar-refractivity contribution < 1.29 is 13.2 Å². The van der Waals surface area contributed by atoms with E-state index in [1.807, 2.05) is 30.0 Å². The van der Waals surface area contributed by atoms with Crippen LogP contribution in [0, 0.1) is 11.3 Å². The topological polar surface area (TPSA) is 108 Å². The largest absolute Gasteiger partial charge is 0.480 e. The number of ether oxygens (including phenoxy) is 1. The third kappa shape index (κ3) is 4.59. The Morgan fingerprint density at radius 3 is 2.75 bits per heavy atom. The number of anilines is 2. The molecule has 1 aromatic carbocycles. The second-order valence-electron chi connectivity index (χ2n) is 7.65. The molecule has 1 aliphatic rings. The fraction of sp³-hybridized carbons (Fsp3) is 0.318. The van der Waals surface area contributed by atoms with E-state index in [2.05, 4.69) is 32.6 Å². The van der Waals surface area contributed by atoms with E-state index < -0.39 is 10.0 Å². The molecule has 0 saturated carbocycles. The van der Waals surface area contributed by atoms with E-state index in [-0.39, 0.29) is 11.6 Å². The number of hydrogen-bond donors (Lipinski definition) is 1. The van der Waals surface area contributed by atoms with Crippen LogP contribution in [0.4, 0.5) is 11.4 Å². The summed E-state index contributed by atoms with van der Waals surface area (Å²) in [5, 5.41) is 11.1. The Hall–Kier alpha value is -3.03. The first-order valence-electron chi connectivity index (χ1n) is 10.0. The van der Waals surface area contributed by atoms with Gasteiger partial charge in [-0.1, -0.05) is 13.0 Å². The molecule has 166 valence electrons. The number of aromatic nitrogens is 2. The van der Waals surface area contributed by atoms with Gasteiger partial charge in [-0.3, -0.25) is 9.71 Å². The Morgan fingerprint density at radius 1 is 1.25 bits per heavy atom. The van der Waals surface area contributed by atoms with Crippen molar-refractivity contribution in [3.8, 4) is 23.1 Å². The Bertz CT molecular complexity index is 1320. The number of nitrogens with one attached hydrogen (secondary N) is 1. The minimum Gasteiger partial charge on any atom is -0.480 e. The van der Waals surface area contributed by atoms with Gasteiger partial charge in [0.2, 0.25) is 15.9 Å². The molecule has 0 spiro atoms. The van der Waals surface area contributed by atoms with Gasteiger partial charge in [-0.05, 0) is 23.8 Å². The van der Waals surface area contributed by atoms with E-state index in [0.29, 0.717) is 10.8 Å². The smallest absolute Gasteiger partial charge is 0.238 e. The summed E-state index contributed by atoms with van der Waals surface area (Å²) in [5.74, 6) is 1.19. The van der Waals surface area contributed by atoms with Crippen LogP contribution in [0.15, 0.2) is 36.7 Å². The van der Waals surface area contributed by atoms with Crippen LogP contribution < -0.4 is 14.4 Å². The summed E-state index contributed by atoms with van der Waals surface area (Å²) < 4.78 is 31.2. The number of methoxy groups -OCH3 is 1. The van der Waals surface area contributed by atoms with Gasteiger partial charge in [-0.25, -0.2) is 13.4 Å². The molecule has 1 aliphatic heterocycles. The lowest BCUT2D eigenvalue weighted by Crippen LogP contribution is -2.37. The van der Waals surface area contributed by atoms with Gasteiger partial charge >= 0.3 is 0 Å². The van der Waals surface area contributed by atoms with Crippen molar-refractivity contribution in [1.82, 2.24) is 9.97 Å². The van der Waals surface area contributed by atoms with Crippen LogP contribution in [0.2, 0.25) is 0 Å². The lowest BCUT2D eigenvalue weighted by molar-refractivity contribution is 0.400. The molecule has 1 fully saturated rings. The third-order valence-corrected chi connectivity index (χ3v) is 6.92. The van der Waals surface area contributed by atoms with Crippen molar-refractivity contribution in [1.29, 1.82) is 5.26 Å².